The average Bonchev–Trinajstić information content (AvgIpc) is 1.94. The molecule has 0 bridgehead atoms. The highest BCUT2D eigenvalue weighted by Crippen LogP contribution is 2.37. The molecule has 2 nitrogen and oxygen atoms in total. The highest BCUT2D eigenvalue weighted by molar-refractivity contribution is 5.02. The minimum Gasteiger partial charge on any atom is -0.328 e. The molecule has 0 amide bonds. The summed E-state index contributed by atoms with van der Waals surface area (Å²) < 4.78 is 0. The van der Waals surface area contributed by atoms with Crippen LogP contribution in [0.1, 0.15) is 40.5 Å². The van der Waals surface area contributed by atoms with Crippen molar-refractivity contribution < 1.29 is 0 Å². The summed E-state index contributed by atoms with van der Waals surface area (Å²) in [6.45, 7) is 13.9. The van der Waals surface area contributed by atoms with Crippen molar-refractivity contribution in [1.29, 1.82) is 0 Å². The predicted octanol–water partition coefficient (Wildman–Crippen LogP) is 2.15. The molecule has 2 heteroatoms. The average molecular weight is 196 g/mol. The van der Waals surface area contributed by atoms with Gasteiger partial charge in [-0.25, -0.2) is 0 Å². The van der Waals surface area contributed by atoms with Gasteiger partial charge in [-0.15, -0.1) is 6.58 Å². The summed E-state index contributed by atoms with van der Waals surface area (Å²) in [5.41, 5.74) is 6.47. The minimum absolute atomic E-state index is 0.190. The summed E-state index contributed by atoms with van der Waals surface area (Å²) in [6, 6.07) is 0.334. The van der Waals surface area contributed by atoms with E-state index in [1.807, 2.05) is 6.08 Å². The third-order valence-electron chi connectivity index (χ3n) is 3.30. The normalized spacial score (nSPS) is 27.5. The Balaban J connectivity index is 2.90. The van der Waals surface area contributed by atoms with E-state index < -0.39 is 0 Å². The molecule has 0 aromatic carbocycles. The second-order valence-corrected chi connectivity index (χ2v) is 5.69. The molecule has 0 unspecified atom stereocenters. The smallest absolute Gasteiger partial charge is 0.0176 e. The van der Waals surface area contributed by atoms with Crippen molar-refractivity contribution in [1.82, 2.24) is 4.90 Å². The SMILES string of the molecule is C=CCN1C(C)(C)CC(N)CC1(C)C. The maximum atomic E-state index is 6.09. The van der Waals surface area contributed by atoms with Crippen LogP contribution in [-0.4, -0.2) is 28.6 Å². The molecular formula is C12H24N2. The highest BCUT2D eigenvalue weighted by atomic mass is 15.3. The third kappa shape index (κ3) is 2.18. The lowest BCUT2D eigenvalue weighted by Gasteiger charge is -2.54. The third-order valence-corrected chi connectivity index (χ3v) is 3.30. The van der Waals surface area contributed by atoms with Crippen LogP contribution in [0.15, 0.2) is 12.7 Å². The number of hydrogen-bond donors (Lipinski definition) is 1. The molecule has 1 aliphatic heterocycles. The summed E-state index contributed by atoms with van der Waals surface area (Å²) in [4.78, 5) is 2.51. The summed E-state index contributed by atoms with van der Waals surface area (Å²) in [6.07, 6.45) is 4.13. The van der Waals surface area contributed by atoms with Gasteiger partial charge in [-0.05, 0) is 40.5 Å². The first-order chi connectivity index (χ1) is 6.29. The van der Waals surface area contributed by atoms with Crippen LogP contribution in [-0.2, 0) is 0 Å². The van der Waals surface area contributed by atoms with Crippen LogP contribution in [0.25, 0.3) is 0 Å². The van der Waals surface area contributed by atoms with Gasteiger partial charge in [-0.3, -0.25) is 4.90 Å². The van der Waals surface area contributed by atoms with E-state index in [-0.39, 0.29) is 11.1 Å². The number of nitrogens with zero attached hydrogens (tertiary/aromatic N) is 1. The second-order valence-electron chi connectivity index (χ2n) is 5.69. The molecule has 0 atom stereocenters. The zero-order valence-electron chi connectivity index (χ0n) is 10.0. The fraction of sp³-hybridized carbons (Fsp3) is 0.833. The van der Waals surface area contributed by atoms with Gasteiger partial charge in [0.2, 0.25) is 0 Å². The molecule has 0 aliphatic carbocycles. The van der Waals surface area contributed by atoms with Crippen LogP contribution in [0.5, 0.6) is 0 Å². The lowest BCUT2D eigenvalue weighted by molar-refractivity contribution is -0.0246. The van der Waals surface area contributed by atoms with E-state index in [9.17, 15) is 0 Å². The Morgan fingerprint density at radius 1 is 1.29 bits per heavy atom. The molecule has 1 saturated heterocycles. The molecule has 0 aromatic heterocycles. The Morgan fingerprint density at radius 3 is 2.07 bits per heavy atom. The predicted molar refractivity (Wildman–Crippen MR) is 62.3 cm³/mol. The van der Waals surface area contributed by atoms with Crippen molar-refractivity contribution in [3.63, 3.8) is 0 Å². The lowest BCUT2D eigenvalue weighted by atomic mass is 9.77. The molecule has 0 radical (unpaired) electrons. The molecule has 1 heterocycles. The van der Waals surface area contributed by atoms with Crippen molar-refractivity contribution in [2.45, 2.75) is 57.7 Å². The summed E-state index contributed by atoms with van der Waals surface area (Å²) in [7, 11) is 0. The van der Waals surface area contributed by atoms with E-state index in [0.29, 0.717) is 6.04 Å². The molecular weight excluding hydrogens is 172 g/mol. The number of hydrogen-bond acceptors (Lipinski definition) is 2. The van der Waals surface area contributed by atoms with Crippen LogP contribution < -0.4 is 5.73 Å². The van der Waals surface area contributed by atoms with Gasteiger partial charge in [0.1, 0.15) is 0 Å². The van der Waals surface area contributed by atoms with Gasteiger partial charge in [-0.1, -0.05) is 6.08 Å². The highest BCUT2D eigenvalue weighted by Gasteiger charge is 2.43. The van der Waals surface area contributed by atoms with Crippen molar-refractivity contribution in [3.05, 3.63) is 12.7 Å². The first-order valence-electron chi connectivity index (χ1n) is 5.44. The van der Waals surface area contributed by atoms with Gasteiger partial charge in [0, 0.05) is 23.7 Å². The van der Waals surface area contributed by atoms with Crippen LogP contribution in [0, 0.1) is 0 Å². The number of nitrogens with two attached hydrogens (primary N) is 1. The molecule has 14 heavy (non-hydrogen) atoms. The fourth-order valence-corrected chi connectivity index (χ4v) is 3.02. The van der Waals surface area contributed by atoms with Gasteiger partial charge >= 0.3 is 0 Å². The molecule has 2 N–H and O–H groups in total. The summed E-state index contributed by atoms with van der Waals surface area (Å²) in [5.74, 6) is 0. The Morgan fingerprint density at radius 2 is 1.71 bits per heavy atom. The minimum atomic E-state index is 0.190. The van der Waals surface area contributed by atoms with Crippen LogP contribution >= 0.6 is 0 Å². The molecule has 0 saturated carbocycles. The summed E-state index contributed by atoms with van der Waals surface area (Å²) >= 11 is 0. The number of piperidine rings is 1. The fourth-order valence-electron chi connectivity index (χ4n) is 3.02. The monoisotopic (exact) mass is 196 g/mol. The first-order valence-corrected chi connectivity index (χ1v) is 5.44. The van der Waals surface area contributed by atoms with Crippen LogP contribution in [0.3, 0.4) is 0 Å². The molecule has 82 valence electrons. The van der Waals surface area contributed by atoms with Crippen molar-refractivity contribution in [2.75, 3.05) is 6.54 Å². The van der Waals surface area contributed by atoms with E-state index in [1.165, 1.54) is 0 Å². The molecule has 1 fully saturated rings. The van der Waals surface area contributed by atoms with Gasteiger partial charge in [0.15, 0.2) is 0 Å². The number of rotatable bonds is 2. The van der Waals surface area contributed by atoms with E-state index in [1.54, 1.807) is 0 Å². The molecule has 0 spiro atoms. The van der Waals surface area contributed by atoms with E-state index in [0.717, 1.165) is 19.4 Å². The van der Waals surface area contributed by atoms with Gasteiger partial charge in [0.25, 0.3) is 0 Å². The standard InChI is InChI=1S/C12H24N2/c1-6-7-14-11(2,3)8-10(13)9-12(14,4)5/h6,10H,1,7-9,13H2,2-5H3. The van der Waals surface area contributed by atoms with Crippen molar-refractivity contribution in [2.24, 2.45) is 5.73 Å². The van der Waals surface area contributed by atoms with Crippen LogP contribution in [0.4, 0.5) is 0 Å². The zero-order chi connectivity index (χ0) is 11.0. The number of likely N-dealkylation sites (tertiary alicyclic amines) is 1. The maximum absolute atomic E-state index is 6.09. The Hall–Kier alpha value is -0.340. The second kappa shape index (κ2) is 3.67. The first kappa shape index (κ1) is 11.7. The van der Waals surface area contributed by atoms with E-state index >= 15 is 0 Å². The molecule has 0 aromatic rings. The maximum Gasteiger partial charge on any atom is 0.0176 e. The lowest BCUT2D eigenvalue weighted by Crippen LogP contribution is -2.63. The Labute approximate surface area is 88.2 Å². The quantitative estimate of drug-likeness (QED) is 0.686. The van der Waals surface area contributed by atoms with Gasteiger partial charge in [-0.2, -0.15) is 0 Å². The van der Waals surface area contributed by atoms with E-state index in [4.69, 9.17) is 5.73 Å². The van der Waals surface area contributed by atoms with Crippen LogP contribution in [0.2, 0.25) is 0 Å². The summed E-state index contributed by atoms with van der Waals surface area (Å²) in [5, 5.41) is 0. The molecule has 1 aliphatic rings. The zero-order valence-corrected chi connectivity index (χ0v) is 10.0. The van der Waals surface area contributed by atoms with Crippen molar-refractivity contribution in [3.8, 4) is 0 Å². The topological polar surface area (TPSA) is 29.3 Å². The largest absolute Gasteiger partial charge is 0.328 e. The molecule has 1 rings (SSSR count). The van der Waals surface area contributed by atoms with Crippen molar-refractivity contribution >= 4 is 0 Å². The van der Waals surface area contributed by atoms with Gasteiger partial charge < -0.3 is 5.73 Å². The van der Waals surface area contributed by atoms with Gasteiger partial charge in [0.05, 0.1) is 0 Å². The van der Waals surface area contributed by atoms with E-state index in [2.05, 4.69) is 39.2 Å². The Kier molecular flexibility index (Phi) is 3.07. The Bertz CT molecular complexity index is 200.